The zero-order valence-electron chi connectivity index (χ0n) is 13.5. The highest BCUT2D eigenvalue weighted by atomic mass is 16.1. The van der Waals surface area contributed by atoms with Gasteiger partial charge < -0.3 is 5.32 Å². The molecule has 0 saturated heterocycles. The minimum Gasteiger partial charge on any atom is -0.352 e. The first-order valence-corrected chi connectivity index (χ1v) is 7.84. The summed E-state index contributed by atoms with van der Waals surface area (Å²) in [6.07, 6.45) is 0.827. The maximum Gasteiger partial charge on any atom is 0.252 e. The number of para-hydroxylation sites is 1. The van der Waals surface area contributed by atoms with Crippen LogP contribution in [-0.2, 0) is 6.42 Å². The summed E-state index contributed by atoms with van der Waals surface area (Å²) in [6.45, 7) is 4.57. The third-order valence-electron chi connectivity index (χ3n) is 3.96. The summed E-state index contributed by atoms with van der Waals surface area (Å²) < 4.78 is 0. The van der Waals surface area contributed by atoms with Gasteiger partial charge >= 0.3 is 0 Å². The first-order valence-electron chi connectivity index (χ1n) is 7.84. The number of nitrogens with one attached hydrogen (secondary N) is 1. The average Bonchev–Trinajstić information content (AvgIpc) is 2.56. The second kappa shape index (κ2) is 6.61. The Bertz CT molecular complexity index is 841. The maximum absolute atomic E-state index is 12.6. The van der Waals surface area contributed by atoms with Crippen LogP contribution < -0.4 is 5.32 Å². The van der Waals surface area contributed by atoms with E-state index in [9.17, 15) is 4.79 Å². The van der Waals surface area contributed by atoms with Gasteiger partial charge in [-0.15, -0.1) is 0 Å². The largest absolute Gasteiger partial charge is 0.352 e. The van der Waals surface area contributed by atoms with Crippen molar-refractivity contribution >= 4 is 16.8 Å². The van der Waals surface area contributed by atoms with Gasteiger partial charge in [-0.05, 0) is 37.5 Å². The molecule has 0 atom stereocenters. The van der Waals surface area contributed by atoms with Crippen molar-refractivity contribution in [3.05, 3.63) is 77.0 Å². The number of aromatic nitrogens is 1. The number of hydrogen-bond acceptors (Lipinski definition) is 2. The summed E-state index contributed by atoms with van der Waals surface area (Å²) in [6, 6.07) is 18.0. The zero-order valence-corrected chi connectivity index (χ0v) is 13.5. The lowest BCUT2D eigenvalue weighted by atomic mass is 10.0. The van der Waals surface area contributed by atoms with Crippen molar-refractivity contribution in [2.75, 3.05) is 6.54 Å². The molecule has 3 rings (SSSR count). The molecule has 0 saturated carbocycles. The van der Waals surface area contributed by atoms with E-state index in [0.29, 0.717) is 12.1 Å². The highest BCUT2D eigenvalue weighted by Gasteiger charge is 2.12. The summed E-state index contributed by atoms with van der Waals surface area (Å²) in [7, 11) is 0. The van der Waals surface area contributed by atoms with E-state index in [4.69, 9.17) is 0 Å². The van der Waals surface area contributed by atoms with Crippen molar-refractivity contribution in [3.8, 4) is 0 Å². The normalized spacial score (nSPS) is 10.7. The van der Waals surface area contributed by atoms with Gasteiger partial charge in [0.15, 0.2) is 0 Å². The van der Waals surface area contributed by atoms with E-state index in [1.807, 2.05) is 56.3 Å². The van der Waals surface area contributed by atoms with Gasteiger partial charge in [-0.25, -0.2) is 0 Å². The molecule has 0 unspecified atom stereocenters. The van der Waals surface area contributed by atoms with Crippen LogP contribution >= 0.6 is 0 Å². The second-order valence-corrected chi connectivity index (χ2v) is 5.77. The first-order chi connectivity index (χ1) is 11.1. The third-order valence-corrected chi connectivity index (χ3v) is 3.96. The minimum atomic E-state index is -0.0398. The number of pyridine rings is 1. The Morgan fingerprint density at radius 3 is 2.61 bits per heavy atom. The Morgan fingerprint density at radius 2 is 1.83 bits per heavy atom. The highest BCUT2D eigenvalue weighted by molar-refractivity contribution is 6.06. The minimum absolute atomic E-state index is 0.0398. The van der Waals surface area contributed by atoms with Gasteiger partial charge in [0.2, 0.25) is 0 Å². The second-order valence-electron chi connectivity index (χ2n) is 5.77. The van der Waals surface area contributed by atoms with Gasteiger partial charge in [0.05, 0.1) is 11.1 Å². The van der Waals surface area contributed by atoms with Crippen LogP contribution in [0.4, 0.5) is 0 Å². The van der Waals surface area contributed by atoms with Gasteiger partial charge in [-0.2, -0.15) is 0 Å². The number of amides is 1. The molecule has 1 heterocycles. The summed E-state index contributed by atoms with van der Waals surface area (Å²) in [5, 5.41) is 3.93. The molecule has 2 aromatic carbocycles. The summed E-state index contributed by atoms with van der Waals surface area (Å²) >= 11 is 0. The topological polar surface area (TPSA) is 42.0 Å². The van der Waals surface area contributed by atoms with E-state index in [1.54, 1.807) is 0 Å². The fourth-order valence-electron chi connectivity index (χ4n) is 2.77. The van der Waals surface area contributed by atoms with E-state index in [2.05, 4.69) is 22.4 Å². The lowest BCUT2D eigenvalue weighted by Gasteiger charge is -2.10. The molecule has 3 heteroatoms. The highest BCUT2D eigenvalue weighted by Crippen LogP contribution is 2.21. The van der Waals surface area contributed by atoms with E-state index in [0.717, 1.165) is 28.6 Å². The molecule has 116 valence electrons. The van der Waals surface area contributed by atoms with Crippen molar-refractivity contribution in [2.24, 2.45) is 0 Å². The third kappa shape index (κ3) is 3.39. The predicted octanol–water partition coefficient (Wildman–Crippen LogP) is 3.82. The number of carbonyl (C=O) groups excluding carboxylic acids is 1. The van der Waals surface area contributed by atoms with Crippen LogP contribution in [0.25, 0.3) is 10.9 Å². The molecule has 3 aromatic rings. The number of hydrogen-bond donors (Lipinski definition) is 1. The predicted molar refractivity (Wildman–Crippen MR) is 93.7 cm³/mol. The zero-order chi connectivity index (χ0) is 16.2. The van der Waals surface area contributed by atoms with Gasteiger partial charge in [-0.3, -0.25) is 9.78 Å². The molecule has 1 aromatic heterocycles. The Hall–Kier alpha value is -2.68. The van der Waals surface area contributed by atoms with Crippen LogP contribution in [0, 0.1) is 13.8 Å². The van der Waals surface area contributed by atoms with Gasteiger partial charge in [0.1, 0.15) is 0 Å². The van der Waals surface area contributed by atoms with Crippen molar-refractivity contribution in [1.82, 2.24) is 10.3 Å². The first kappa shape index (κ1) is 15.2. The molecular formula is C20H20N2O. The quantitative estimate of drug-likeness (QED) is 0.796. The van der Waals surface area contributed by atoms with Crippen LogP contribution in [0.3, 0.4) is 0 Å². The SMILES string of the molecule is Cc1cc(C(=O)NCCc2ccccc2)c2cccc(C)c2n1. The number of benzene rings is 2. The van der Waals surface area contributed by atoms with Crippen LogP contribution in [0.2, 0.25) is 0 Å². The molecule has 0 aliphatic heterocycles. The van der Waals surface area contributed by atoms with Gasteiger partial charge in [-0.1, -0.05) is 48.5 Å². The van der Waals surface area contributed by atoms with Crippen molar-refractivity contribution in [3.63, 3.8) is 0 Å². The Labute approximate surface area is 136 Å². The Kier molecular flexibility index (Phi) is 4.38. The molecule has 0 bridgehead atoms. The molecule has 1 amide bonds. The molecule has 0 fully saturated rings. The van der Waals surface area contributed by atoms with Gasteiger partial charge in [0, 0.05) is 17.6 Å². The Morgan fingerprint density at radius 1 is 1.04 bits per heavy atom. The number of aryl methyl sites for hydroxylation is 2. The van der Waals surface area contributed by atoms with Crippen molar-refractivity contribution in [1.29, 1.82) is 0 Å². The lowest BCUT2D eigenvalue weighted by Crippen LogP contribution is -2.26. The molecule has 23 heavy (non-hydrogen) atoms. The fourth-order valence-corrected chi connectivity index (χ4v) is 2.77. The van der Waals surface area contributed by atoms with Crippen LogP contribution in [-0.4, -0.2) is 17.4 Å². The lowest BCUT2D eigenvalue weighted by molar-refractivity contribution is 0.0955. The van der Waals surface area contributed by atoms with Crippen molar-refractivity contribution in [2.45, 2.75) is 20.3 Å². The number of fused-ring (bicyclic) bond motifs is 1. The Balaban J connectivity index is 1.80. The van der Waals surface area contributed by atoms with Gasteiger partial charge in [0.25, 0.3) is 5.91 Å². The fraction of sp³-hybridized carbons (Fsp3) is 0.200. The van der Waals surface area contributed by atoms with E-state index in [-0.39, 0.29) is 5.91 Å². The van der Waals surface area contributed by atoms with E-state index in [1.165, 1.54) is 5.56 Å². The number of carbonyl (C=O) groups is 1. The molecular weight excluding hydrogens is 284 g/mol. The molecule has 0 aliphatic rings. The van der Waals surface area contributed by atoms with Crippen LogP contribution in [0.15, 0.2) is 54.6 Å². The number of nitrogens with zero attached hydrogens (tertiary/aromatic N) is 1. The van der Waals surface area contributed by atoms with Crippen LogP contribution in [0.1, 0.15) is 27.2 Å². The molecule has 1 N–H and O–H groups in total. The van der Waals surface area contributed by atoms with Crippen molar-refractivity contribution < 1.29 is 4.79 Å². The van der Waals surface area contributed by atoms with E-state index < -0.39 is 0 Å². The average molecular weight is 304 g/mol. The maximum atomic E-state index is 12.6. The standard InChI is InChI=1S/C20H20N2O/c1-14-7-6-10-17-18(13-15(2)22-19(14)17)20(23)21-12-11-16-8-4-3-5-9-16/h3-10,13H,11-12H2,1-2H3,(H,21,23). The van der Waals surface area contributed by atoms with E-state index >= 15 is 0 Å². The summed E-state index contributed by atoms with van der Waals surface area (Å²) in [5.74, 6) is -0.0398. The molecule has 0 radical (unpaired) electrons. The molecule has 0 spiro atoms. The molecule has 3 nitrogen and oxygen atoms in total. The monoisotopic (exact) mass is 304 g/mol. The summed E-state index contributed by atoms with van der Waals surface area (Å²) in [5.41, 5.74) is 4.77. The molecule has 0 aliphatic carbocycles. The smallest absolute Gasteiger partial charge is 0.252 e. The number of rotatable bonds is 4. The summed E-state index contributed by atoms with van der Waals surface area (Å²) in [4.78, 5) is 17.1. The van der Waals surface area contributed by atoms with Crippen LogP contribution in [0.5, 0.6) is 0 Å².